The van der Waals surface area contributed by atoms with Crippen LogP contribution in [0.25, 0.3) is 0 Å². The van der Waals surface area contributed by atoms with Gasteiger partial charge in [-0.05, 0) is 94.8 Å². The van der Waals surface area contributed by atoms with Crippen molar-refractivity contribution < 1.29 is 9.28 Å². The number of thiol groups is 1. The summed E-state index contributed by atoms with van der Waals surface area (Å²) in [5, 5.41) is 1.20. The molecule has 4 heteroatoms. The molecule has 2 fully saturated rings. The second kappa shape index (κ2) is 7.49. The van der Waals surface area contributed by atoms with E-state index in [1.807, 2.05) is 6.08 Å². The molecule has 136 valence electrons. The van der Waals surface area contributed by atoms with Crippen LogP contribution in [0.2, 0.25) is 0 Å². The number of hydrogen-bond acceptors (Lipinski definition) is 3. The molecule has 0 bridgehead atoms. The molecule has 0 aromatic rings. The van der Waals surface area contributed by atoms with Crippen molar-refractivity contribution in [2.45, 2.75) is 83.2 Å². The van der Waals surface area contributed by atoms with Crippen molar-refractivity contribution in [1.82, 2.24) is 5.12 Å². The Morgan fingerprint density at radius 2 is 1.88 bits per heavy atom. The fraction of sp³-hybridized carbons (Fsp3) is 0.850. The monoisotopic (exact) mass is 353 g/mol. The van der Waals surface area contributed by atoms with E-state index in [0.29, 0.717) is 24.2 Å². The van der Waals surface area contributed by atoms with Gasteiger partial charge in [0.2, 0.25) is 0 Å². The summed E-state index contributed by atoms with van der Waals surface area (Å²) in [5.74, 6) is 2.77. The minimum Gasteiger partial charge on any atom is -0.295 e. The summed E-state index contributed by atoms with van der Waals surface area (Å²) in [6.07, 6.45) is 10.7. The fourth-order valence-corrected chi connectivity index (χ4v) is 5.45. The van der Waals surface area contributed by atoms with Gasteiger partial charge < -0.3 is 0 Å². The number of halogens is 1. The molecule has 24 heavy (non-hydrogen) atoms. The van der Waals surface area contributed by atoms with Gasteiger partial charge in [-0.2, -0.15) is 12.6 Å². The van der Waals surface area contributed by atoms with Crippen molar-refractivity contribution in [1.29, 1.82) is 0 Å². The Kier molecular flexibility index (Phi) is 5.75. The van der Waals surface area contributed by atoms with Crippen LogP contribution in [0.3, 0.4) is 0 Å². The number of nitrogens with zero attached hydrogens (tertiary/aromatic N) is 1. The molecule has 2 atom stereocenters. The molecule has 2 saturated carbocycles. The lowest BCUT2D eigenvalue weighted by atomic mass is 9.67. The molecule has 0 saturated heterocycles. The zero-order valence-corrected chi connectivity index (χ0v) is 16.0. The highest BCUT2D eigenvalue weighted by molar-refractivity contribution is 7.80. The summed E-state index contributed by atoms with van der Waals surface area (Å²) in [6, 6.07) is 0.0704. The Bertz CT molecular complexity index is 496. The molecule has 3 aliphatic carbocycles. The third-order valence-electron chi connectivity index (χ3n) is 6.91. The first-order valence-electron chi connectivity index (χ1n) is 9.71. The number of rotatable bonds is 4. The third-order valence-corrected chi connectivity index (χ3v) is 7.42. The minimum absolute atomic E-state index is 0.0704. The predicted octanol–water partition coefficient (Wildman–Crippen LogP) is 5.15. The maximum atomic E-state index is 15.3. The van der Waals surface area contributed by atoms with Crippen LogP contribution in [0.15, 0.2) is 11.6 Å². The molecule has 0 N–H and O–H groups in total. The van der Waals surface area contributed by atoms with Gasteiger partial charge in [-0.3, -0.25) is 4.79 Å². The van der Waals surface area contributed by atoms with E-state index >= 15 is 4.48 Å². The Balaban J connectivity index is 1.63. The Morgan fingerprint density at radius 1 is 1.17 bits per heavy atom. The third kappa shape index (κ3) is 3.75. The Morgan fingerprint density at radius 3 is 2.54 bits per heavy atom. The molecule has 2 unspecified atom stereocenters. The van der Waals surface area contributed by atoms with Crippen molar-refractivity contribution in [2.24, 2.45) is 17.8 Å². The number of hydrogen-bond donors (Lipinski definition) is 1. The van der Waals surface area contributed by atoms with Crippen LogP contribution in [0.1, 0.15) is 71.6 Å². The smallest absolute Gasteiger partial charge is 0.155 e. The van der Waals surface area contributed by atoms with E-state index < -0.39 is 5.54 Å². The van der Waals surface area contributed by atoms with E-state index in [-0.39, 0.29) is 11.8 Å². The van der Waals surface area contributed by atoms with Gasteiger partial charge in [0.05, 0.1) is 0 Å². The van der Waals surface area contributed by atoms with Crippen LogP contribution in [0.4, 0.5) is 4.48 Å². The van der Waals surface area contributed by atoms with Gasteiger partial charge in [-0.15, -0.1) is 9.60 Å². The summed E-state index contributed by atoms with van der Waals surface area (Å²) in [6.45, 7) is 4.18. The molecule has 0 radical (unpaired) electrons. The van der Waals surface area contributed by atoms with Crippen molar-refractivity contribution in [3.63, 3.8) is 0 Å². The van der Waals surface area contributed by atoms with Crippen LogP contribution >= 0.6 is 12.6 Å². The van der Waals surface area contributed by atoms with E-state index in [9.17, 15) is 4.79 Å². The van der Waals surface area contributed by atoms with Gasteiger partial charge in [-0.1, -0.05) is 5.57 Å². The second-order valence-corrected chi connectivity index (χ2v) is 9.08. The predicted molar refractivity (Wildman–Crippen MR) is 99.8 cm³/mol. The van der Waals surface area contributed by atoms with Gasteiger partial charge in [0.15, 0.2) is 5.78 Å². The van der Waals surface area contributed by atoms with E-state index in [1.165, 1.54) is 10.7 Å². The fourth-order valence-electron chi connectivity index (χ4n) is 5.09. The molecule has 0 aromatic heterocycles. The molecule has 3 aliphatic rings. The zero-order chi connectivity index (χ0) is 17.3. The van der Waals surface area contributed by atoms with Gasteiger partial charge in [0.1, 0.15) is 0 Å². The maximum absolute atomic E-state index is 15.3. The summed E-state index contributed by atoms with van der Waals surface area (Å²) in [7, 11) is 0. The summed E-state index contributed by atoms with van der Waals surface area (Å²) >= 11 is 4.40. The molecule has 3 rings (SSSR count). The summed E-state index contributed by atoms with van der Waals surface area (Å²) in [4.78, 5) is 11.6. The number of carbonyl (C=O) groups is 1. The molecule has 0 aliphatic heterocycles. The lowest BCUT2D eigenvalue weighted by Gasteiger charge is -2.47. The molecular weight excluding hydrogens is 321 g/mol. The van der Waals surface area contributed by atoms with Gasteiger partial charge in [0.25, 0.3) is 0 Å². The SMILES string of the molecule is CC(C)(C1CCC2=CC(=O)CCC2C1)N(F)C1CCC(CS)CC1. The van der Waals surface area contributed by atoms with Crippen molar-refractivity contribution in [3.8, 4) is 0 Å². The minimum atomic E-state index is -0.411. The number of ketones is 1. The largest absolute Gasteiger partial charge is 0.295 e. The molecule has 0 aromatic carbocycles. The quantitative estimate of drug-likeness (QED) is 0.557. The first kappa shape index (κ1) is 18.4. The molecule has 0 heterocycles. The van der Waals surface area contributed by atoms with Crippen molar-refractivity contribution in [2.75, 3.05) is 5.75 Å². The van der Waals surface area contributed by atoms with E-state index in [4.69, 9.17) is 0 Å². The molecule has 0 spiro atoms. The van der Waals surface area contributed by atoms with Gasteiger partial charge >= 0.3 is 0 Å². The van der Waals surface area contributed by atoms with E-state index in [1.54, 1.807) is 0 Å². The average molecular weight is 354 g/mol. The first-order chi connectivity index (χ1) is 11.4. The Labute approximate surface area is 151 Å². The van der Waals surface area contributed by atoms with Crippen molar-refractivity contribution in [3.05, 3.63) is 11.6 Å². The lowest BCUT2D eigenvalue weighted by Crippen LogP contribution is -2.52. The van der Waals surface area contributed by atoms with Gasteiger partial charge in [-0.25, -0.2) is 0 Å². The summed E-state index contributed by atoms with van der Waals surface area (Å²) < 4.78 is 15.3. The molecule has 2 nitrogen and oxygen atoms in total. The van der Waals surface area contributed by atoms with Crippen LogP contribution in [0.5, 0.6) is 0 Å². The average Bonchev–Trinajstić information content (AvgIpc) is 2.60. The zero-order valence-electron chi connectivity index (χ0n) is 15.1. The van der Waals surface area contributed by atoms with Crippen LogP contribution < -0.4 is 0 Å². The normalized spacial score (nSPS) is 34.9. The van der Waals surface area contributed by atoms with Crippen LogP contribution in [0, 0.1) is 17.8 Å². The number of carbonyl (C=O) groups excluding carboxylic acids is 1. The topological polar surface area (TPSA) is 20.3 Å². The highest BCUT2D eigenvalue weighted by atomic mass is 32.1. The van der Waals surface area contributed by atoms with E-state index in [2.05, 4.69) is 26.5 Å². The van der Waals surface area contributed by atoms with Crippen LogP contribution in [-0.4, -0.2) is 28.2 Å². The van der Waals surface area contributed by atoms with Crippen molar-refractivity contribution >= 4 is 18.4 Å². The van der Waals surface area contributed by atoms with E-state index in [0.717, 1.165) is 57.1 Å². The molecule has 0 amide bonds. The maximum Gasteiger partial charge on any atom is 0.155 e. The van der Waals surface area contributed by atoms with Gasteiger partial charge in [0, 0.05) is 18.0 Å². The standard InChI is InChI=1S/C20H32FNOS/c1-20(2,22(21)18-8-3-14(13-24)4-9-18)17-7-5-16-12-19(23)10-6-15(16)11-17/h12,14-15,17-18,24H,3-11,13H2,1-2H3. The summed E-state index contributed by atoms with van der Waals surface area (Å²) in [5.41, 5.74) is 0.920. The number of fused-ring (bicyclic) bond motifs is 1. The highest BCUT2D eigenvalue weighted by Crippen LogP contribution is 2.45. The van der Waals surface area contributed by atoms with Crippen LogP contribution in [-0.2, 0) is 4.79 Å². The Hall–Kier alpha value is -0.350. The number of allylic oxidation sites excluding steroid dienone is 2. The lowest BCUT2D eigenvalue weighted by molar-refractivity contribution is -0.145. The molecular formula is C20H32FNOS. The highest BCUT2D eigenvalue weighted by Gasteiger charge is 2.44. The second-order valence-electron chi connectivity index (χ2n) is 8.71. The first-order valence-corrected chi connectivity index (χ1v) is 10.3.